The summed E-state index contributed by atoms with van der Waals surface area (Å²) in [6.07, 6.45) is 1.83. The minimum atomic E-state index is 0.495. The maximum absolute atomic E-state index is 5.17. The molecule has 1 aromatic rings. The zero-order chi connectivity index (χ0) is 13.4. The first-order chi connectivity index (χ1) is 8.69. The lowest BCUT2D eigenvalue weighted by molar-refractivity contribution is 0.125. The summed E-state index contributed by atoms with van der Waals surface area (Å²) in [4.78, 5) is 6.78. The summed E-state index contributed by atoms with van der Waals surface area (Å²) in [5.41, 5.74) is 1.24. The van der Waals surface area contributed by atoms with Crippen molar-refractivity contribution < 1.29 is 4.74 Å². The molecule has 0 atom stereocenters. The third-order valence-corrected chi connectivity index (χ3v) is 2.92. The quantitative estimate of drug-likeness (QED) is 0.769. The van der Waals surface area contributed by atoms with Crippen molar-refractivity contribution in [2.45, 2.75) is 33.4 Å². The molecular formula is C14H25N3O. The number of hydrogen-bond donors (Lipinski definition) is 1. The van der Waals surface area contributed by atoms with Crippen molar-refractivity contribution in [3.63, 3.8) is 0 Å². The molecule has 0 aliphatic carbocycles. The minimum absolute atomic E-state index is 0.495. The Labute approximate surface area is 110 Å². The second kappa shape index (κ2) is 8.06. The predicted molar refractivity (Wildman–Crippen MR) is 75.8 cm³/mol. The van der Waals surface area contributed by atoms with Crippen LogP contribution >= 0.6 is 0 Å². The zero-order valence-corrected chi connectivity index (χ0v) is 11.9. The molecule has 0 unspecified atom stereocenters. The standard InChI is InChI=1S/C14H25N3O/c1-5-15-14-13(7-6-8-16-14)11-17(12(2)3)9-10-18-4/h6-8,12H,5,9-11H2,1-4H3,(H,15,16). The molecule has 1 aromatic heterocycles. The largest absolute Gasteiger partial charge is 0.383 e. The second-order valence-corrected chi connectivity index (χ2v) is 4.60. The molecular weight excluding hydrogens is 226 g/mol. The Balaban J connectivity index is 2.73. The summed E-state index contributed by atoms with van der Waals surface area (Å²) in [5, 5.41) is 3.31. The lowest BCUT2D eigenvalue weighted by Gasteiger charge is -2.26. The molecule has 0 saturated heterocycles. The molecule has 1 heterocycles. The van der Waals surface area contributed by atoms with Crippen molar-refractivity contribution in [1.29, 1.82) is 0 Å². The Morgan fingerprint density at radius 3 is 2.83 bits per heavy atom. The molecule has 0 aliphatic heterocycles. The molecule has 0 saturated carbocycles. The number of nitrogens with zero attached hydrogens (tertiary/aromatic N) is 2. The van der Waals surface area contributed by atoms with E-state index in [2.05, 4.69) is 42.0 Å². The van der Waals surface area contributed by atoms with Gasteiger partial charge in [-0.1, -0.05) is 6.07 Å². The fourth-order valence-electron chi connectivity index (χ4n) is 1.84. The lowest BCUT2D eigenvalue weighted by atomic mass is 10.2. The number of rotatable bonds is 8. The zero-order valence-electron chi connectivity index (χ0n) is 11.9. The number of ether oxygens (including phenoxy) is 1. The molecule has 0 aliphatic rings. The highest BCUT2D eigenvalue weighted by atomic mass is 16.5. The van der Waals surface area contributed by atoms with Crippen molar-refractivity contribution in [1.82, 2.24) is 9.88 Å². The number of hydrogen-bond acceptors (Lipinski definition) is 4. The smallest absolute Gasteiger partial charge is 0.130 e. The van der Waals surface area contributed by atoms with Crippen LogP contribution in [0.2, 0.25) is 0 Å². The van der Waals surface area contributed by atoms with Gasteiger partial charge >= 0.3 is 0 Å². The highest BCUT2D eigenvalue weighted by molar-refractivity contribution is 5.43. The molecule has 0 spiro atoms. The van der Waals surface area contributed by atoms with Gasteiger partial charge in [-0.15, -0.1) is 0 Å². The number of methoxy groups -OCH3 is 1. The summed E-state index contributed by atoms with van der Waals surface area (Å²) in [6, 6.07) is 4.62. The van der Waals surface area contributed by atoms with Gasteiger partial charge in [0.15, 0.2) is 0 Å². The van der Waals surface area contributed by atoms with Gasteiger partial charge in [0.25, 0.3) is 0 Å². The van der Waals surface area contributed by atoms with Crippen LogP contribution in [0.1, 0.15) is 26.3 Å². The fraction of sp³-hybridized carbons (Fsp3) is 0.643. The summed E-state index contributed by atoms with van der Waals surface area (Å²) in [6.45, 7) is 9.99. The van der Waals surface area contributed by atoms with E-state index in [0.29, 0.717) is 6.04 Å². The molecule has 0 radical (unpaired) electrons. The van der Waals surface area contributed by atoms with Crippen molar-refractivity contribution in [3.8, 4) is 0 Å². The van der Waals surface area contributed by atoms with Gasteiger partial charge in [-0.3, -0.25) is 4.90 Å². The molecule has 102 valence electrons. The van der Waals surface area contributed by atoms with Gasteiger partial charge in [0, 0.05) is 44.5 Å². The van der Waals surface area contributed by atoms with Crippen molar-refractivity contribution >= 4 is 5.82 Å². The van der Waals surface area contributed by atoms with Gasteiger partial charge < -0.3 is 10.1 Å². The Hall–Kier alpha value is -1.13. The van der Waals surface area contributed by atoms with E-state index in [4.69, 9.17) is 4.74 Å². The predicted octanol–water partition coefficient (Wildman–Crippen LogP) is 2.37. The highest BCUT2D eigenvalue weighted by Crippen LogP contribution is 2.15. The monoisotopic (exact) mass is 251 g/mol. The Kier molecular flexibility index (Phi) is 6.68. The molecule has 4 heteroatoms. The SMILES string of the molecule is CCNc1ncccc1CN(CCOC)C(C)C. The van der Waals surface area contributed by atoms with E-state index in [9.17, 15) is 0 Å². The molecule has 0 amide bonds. The van der Waals surface area contributed by atoms with Crippen LogP contribution in [-0.4, -0.2) is 42.7 Å². The van der Waals surface area contributed by atoms with Crippen LogP contribution in [0.15, 0.2) is 18.3 Å². The third kappa shape index (κ3) is 4.63. The van der Waals surface area contributed by atoms with Crippen LogP contribution in [-0.2, 0) is 11.3 Å². The van der Waals surface area contributed by atoms with Crippen LogP contribution in [0, 0.1) is 0 Å². The molecule has 0 aromatic carbocycles. The number of pyridine rings is 1. The highest BCUT2D eigenvalue weighted by Gasteiger charge is 2.12. The van der Waals surface area contributed by atoms with Crippen LogP contribution in [0.3, 0.4) is 0 Å². The topological polar surface area (TPSA) is 37.4 Å². The van der Waals surface area contributed by atoms with Gasteiger partial charge in [0.2, 0.25) is 0 Å². The average Bonchev–Trinajstić information content (AvgIpc) is 2.36. The van der Waals surface area contributed by atoms with E-state index in [1.54, 1.807) is 7.11 Å². The summed E-state index contributed by atoms with van der Waals surface area (Å²) >= 11 is 0. The van der Waals surface area contributed by atoms with Gasteiger partial charge in [-0.2, -0.15) is 0 Å². The molecule has 4 nitrogen and oxygen atoms in total. The molecule has 1 N–H and O–H groups in total. The summed E-state index contributed by atoms with van der Waals surface area (Å²) in [5.74, 6) is 0.989. The number of anilines is 1. The first kappa shape index (κ1) is 14.9. The molecule has 0 fully saturated rings. The Morgan fingerprint density at radius 1 is 1.44 bits per heavy atom. The number of aromatic nitrogens is 1. The maximum atomic E-state index is 5.17. The van der Waals surface area contributed by atoms with E-state index >= 15 is 0 Å². The normalized spacial score (nSPS) is 11.2. The molecule has 18 heavy (non-hydrogen) atoms. The first-order valence-electron chi connectivity index (χ1n) is 6.59. The Morgan fingerprint density at radius 2 is 2.22 bits per heavy atom. The molecule has 1 rings (SSSR count). The summed E-state index contributed by atoms with van der Waals surface area (Å²) < 4.78 is 5.17. The van der Waals surface area contributed by atoms with E-state index in [0.717, 1.165) is 32.1 Å². The van der Waals surface area contributed by atoms with Gasteiger partial charge in [0.1, 0.15) is 5.82 Å². The fourth-order valence-corrected chi connectivity index (χ4v) is 1.84. The van der Waals surface area contributed by atoms with E-state index in [1.807, 2.05) is 12.3 Å². The van der Waals surface area contributed by atoms with Crippen LogP contribution < -0.4 is 5.32 Å². The second-order valence-electron chi connectivity index (χ2n) is 4.60. The van der Waals surface area contributed by atoms with E-state index in [1.165, 1.54) is 5.56 Å². The minimum Gasteiger partial charge on any atom is -0.383 e. The maximum Gasteiger partial charge on any atom is 0.130 e. The van der Waals surface area contributed by atoms with Crippen LogP contribution in [0.25, 0.3) is 0 Å². The number of nitrogens with one attached hydrogen (secondary N) is 1. The third-order valence-electron chi connectivity index (χ3n) is 2.92. The van der Waals surface area contributed by atoms with Crippen LogP contribution in [0.5, 0.6) is 0 Å². The van der Waals surface area contributed by atoms with E-state index < -0.39 is 0 Å². The molecule has 0 bridgehead atoms. The Bertz CT molecular complexity index is 342. The summed E-state index contributed by atoms with van der Waals surface area (Å²) in [7, 11) is 1.74. The van der Waals surface area contributed by atoms with Crippen molar-refractivity contribution in [2.75, 3.05) is 32.1 Å². The lowest BCUT2D eigenvalue weighted by Crippen LogP contribution is -2.33. The first-order valence-corrected chi connectivity index (χ1v) is 6.59. The van der Waals surface area contributed by atoms with Gasteiger partial charge in [0.05, 0.1) is 6.61 Å². The van der Waals surface area contributed by atoms with Gasteiger partial charge in [-0.25, -0.2) is 4.98 Å². The van der Waals surface area contributed by atoms with Crippen molar-refractivity contribution in [3.05, 3.63) is 23.9 Å². The van der Waals surface area contributed by atoms with Crippen molar-refractivity contribution in [2.24, 2.45) is 0 Å². The van der Waals surface area contributed by atoms with E-state index in [-0.39, 0.29) is 0 Å². The average molecular weight is 251 g/mol. The van der Waals surface area contributed by atoms with Crippen LogP contribution in [0.4, 0.5) is 5.82 Å². The van der Waals surface area contributed by atoms with Gasteiger partial charge in [-0.05, 0) is 26.8 Å².